The van der Waals surface area contributed by atoms with E-state index < -0.39 is 0 Å². The largest absolute Gasteiger partial charge is 0.349 e. The summed E-state index contributed by atoms with van der Waals surface area (Å²) in [5.74, 6) is -0.0959. The predicted octanol–water partition coefficient (Wildman–Crippen LogP) is 4.20. The van der Waals surface area contributed by atoms with Gasteiger partial charge in [-0.25, -0.2) is 4.68 Å². The molecule has 1 amide bonds. The van der Waals surface area contributed by atoms with Gasteiger partial charge in [0.1, 0.15) is 0 Å². The van der Waals surface area contributed by atoms with Gasteiger partial charge in [0, 0.05) is 22.3 Å². The number of carbonyl (C=O) groups excluding carboxylic acids is 1. The van der Waals surface area contributed by atoms with E-state index in [0.29, 0.717) is 10.7 Å². The normalized spacial score (nSPS) is 12.1. The van der Waals surface area contributed by atoms with Crippen LogP contribution < -0.4 is 5.32 Å². The van der Waals surface area contributed by atoms with Crippen molar-refractivity contribution >= 4 is 28.4 Å². The smallest absolute Gasteiger partial charge is 0.226 e. The molecule has 4 aromatic rings. The summed E-state index contributed by atoms with van der Waals surface area (Å²) in [5.41, 5.74) is 4.38. The van der Waals surface area contributed by atoms with Crippen molar-refractivity contribution in [1.82, 2.24) is 25.1 Å². The molecule has 0 aliphatic heterocycles. The summed E-state index contributed by atoms with van der Waals surface area (Å²) in [4.78, 5) is 21.2. The number of fused-ring (bicyclic) bond motifs is 1. The summed E-state index contributed by atoms with van der Waals surface area (Å²) < 4.78 is 1.82. The zero-order valence-corrected chi connectivity index (χ0v) is 16.9. The highest BCUT2D eigenvalue weighted by molar-refractivity contribution is 6.30. The lowest BCUT2D eigenvalue weighted by Gasteiger charge is -2.14. The molecule has 1 aromatic carbocycles. The summed E-state index contributed by atoms with van der Waals surface area (Å²) in [7, 11) is 0. The Balaban J connectivity index is 1.49. The van der Waals surface area contributed by atoms with Crippen molar-refractivity contribution in [1.29, 1.82) is 0 Å². The van der Waals surface area contributed by atoms with Crippen molar-refractivity contribution in [2.75, 3.05) is 0 Å². The molecular weight excluding hydrogens is 386 g/mol. The van der Waals surface area contributed by atoms with E-state index in [1.54, 1.807) is 18.6 Å². The number of pyridine rings is 2. The molecule has 0 radical (unpaired) electrons. The molecule has 4 rings (SSSR count). The molecule has 29 heavy (non-hydrogen) atoms. The first-order valence-electron chi connectivity index (χ1n) is 9.30. The highest BCUT2D eigenvalue weighted by atomic mass is 35.5. The van der Waals surface area contributed by atoms with Crippen molar-refractivity contribution in [3.63, 3.8) is 0 Å². The number of aryl methyl sites for hydroxylation is 1. The van der Waals surface area contributed by atoms with E-state index in [9.17, 15) is 4.79 Å². The van der Waals surface area contributed by atoms with Crippen molar-refractivity contribution < 1.29 is 4.79 Å². The van der Waals surface area contributed by atoms with Crippen LogP contribution in [0, 0.1) is 6.92 Å². The first-order valence-corrected chi connectivity index (χ1v) is 9.68. The van der Waals surface area contributed by atoms with Gasteiger partial charge in [-0.05, 0) is 49.7 Å². The first kappa shape index (κ1) is 19.1. The number of halogens is 1. The van der Waals surface area contributed by atoms with Gasteiger partial charge >= 0.3 is 0 Å². The lowest BCUT2D eigenvalue weighted by molar-refractivity contribution is -0.121. The van der Waals surface area contributed by atoms with Crippen molar-refractivity contribution in [3.05, 3.63) is 83.0 Å². The van der Waals surface area contributed by atoms with E-state index in [2.05, 4.69) is 20.4 Å². The molecule has 3 aromatic heterocycles. The maximum atomic E-state index is 12.5. The van der Waals surface area contributed by atoms with E-state index in [1.807, 2.05) is 61.0 Å². The van der Waals surface area contributed by atoms with Gasteiger partial charge in [0.05, 0.1) is 41.8 Å². The van der Waals surface area contributed by atoms with E-state index in [4.69, 9.17) is 11.6 Å². The fourth-order valence-electron chi connectivity index (χ4n) is 3.25. The maximum Gasteiger partial charge on any atom is 0.226 e. The van der Waals surface area contributed by atoms with Gasteiger partial charge < -0.3 is 5.32 Å². The van der Waals surface area contributed by atoms with Gasteiger partial charge in [-0.3, -0.25) is 14.8 Å². The van der Waals surface area contributed by atoms with Crippen molar-refractivity contribution in [3.8, 4) is 5.69 Å². The minimum Gasteiger partial charge on any atom is -0.349 e. The van der Waals surface area contributed by atoms with Crippen LogP contribution in [0.4, 0.5) is 0 Å². The van der Waals surface area contributed by atoms with E-state index in [1.165, 1.54) is 0 Å². The molecular formula is C22H20ClN5O. The number of rotatable bonds is 5. The van der Waals surface area contributed by atoms with Crippen molar-refractivity contribution in [2.45, 2.75) is 26.3 Å². The number of benzene rings is 1. The van der Waals surface area contributed by atoms with Crippen LogP contribution in [0.3, 0.4) is 0 Å². The molecule has 1 atom stereocenters. The zero-order valence-electron chi connectivity index (χ0n) is 16.1. The van der Waals surface area contributed by atoms with Crippen LogP contribution in [-0.4, -0.2) is 25.7 Å². The average molecular weight is 406 g/mol. The van der Waals surface area contributed by atoms with E-state index >= 15 is 0 Å². The van der Waals surface area contributed by atoms with Crippen LogP contribution in [0.5, 0.6) is 0 Å². The minimum atomic E-state index is -0.136. The average Bonchev–Trinajstić information content (AvgIpc) is 3.11. The number of aromatic nitrogens is 4. The fraction of sp³-hybridized carbons (Fsp3) is 0.182. The minimum absolute atomic E-state index is 0.0959. The van der Waals surface area contributed by atoms with Gasteiger partial charge in [-0.15, -0.1) is 0 Å². The Morgan fingerprint density at radius 1 is 1.17 bits per heavy atom. The molecule has 146 valence electrons. The van der Waals surface area contributed by atoms with E-state index in [-0.39, 0.29) is 18.4 Å². The summed E-state index contributed by atoms with van der Waals surface area (Å²) >= 11 is 6.03. The summed E-state index contributed by atoms with van der Waals surface area (Å²) in [5, 5.41) is 9.03. The molecule has 1 N–H and O–H groups in total. The van der Waals surface area contributed by atoms with Gasteiger partial charge in [0.2, 0.25) is 5.91 Å². The second-order valence-corrected chi connectivity index (χ2v) is 7.40. The van der Waals surface area contributed by atoms with Gasteiger partial charge in [-0.1, -0.05) is 23.7 Å². The third kappa shape index (κ3) is 4.27. The molecule has 0 bridgehead atoms. The molecule has 0 spiro atoms. The van der Waals surface area contributed by atoms with Crippen LogP contribution in [0.1, 0.15) is 29.9 Å². The monoisotopic (exact) mass is 405 g/mol. The summed E-state index contributed by atoms with van der Waals surface area (Å²) in [6.07, 6.45) is 5.48. The molecule has 0 saturated carbocycles. The quantitative estimate of drug-likeness (QED) is 0.540. The Bertz CT molecular complexity index is 1190. The highest BCUT2D eigenvalue weighted by Gasteiger charge is 2.13. The zero-order chi connectivity index (χ0) is 20.4. The van der Waals surface area contributed by atoms with E-state index in [0.717, 1.165) is 27.8 Å². The van der Waals surface area contributed by atoms with Gasteiger partial charge in [0.25, 0.3) is 0 Å². The second-order valence-electron chi connectivity index (χ2n) is 6.97. The van der Waals surface area contributed by atoms with Crippen LogP contribution >= 0.6 is 11.6 Å². The number of hydrogen-bond acceptors (Lipinski definition) is 4. The lowest BCUT2D eigenvalue weighted by atomic mass is 10.1. The summed E-state index contributed by atoms with van der Waals surface area (Å²) in [6, 6.07) is 13.1. The fourth-order valence-corrected chi connectivity index (χ4v) is 3.45. The first-order chi connectivity index (χ1) is 14.0. The third-order valence-corrected chi connectivity index (χ3v) is 4.94. The summed E-state index contributed by atoms with van der Waals surface area (Å²) in [6.45, 7) is 3.87. The highest BCUT2D eigenvalue weighted by Crippen LogP contribution is 2.20. The Kier molecular flexibility index (Phi) is 5.27. The number of hydrogen-bond donors (Lipinski definition) is 1. The van der Waals surface area contributed by atoms with Gasteiger partial charge in [0.15, 0.2) is 0 Å². The molecule has 0 unspecified atom stereocenters. The van der Waals surface area contributed by atoms with Gasteiger partial charge in [-0.2, -0.15) is 5.10 Å². The van der Waals surface area contributed by atoms with Crippen LogP contribution in [0.25, 0.3) is 16.6 Å². The Morgan fingerprint density at radius 3 is 2.83 bits per heavy atom. The number of carbonyl (C=O) groups is 1. The molecule has 0 saturated heterocycles. The second kappa shape index (κ2) is 8.01. The SMILES string of the molecule is Cc1cc(-n2ncc3cc(CC(=O)N[C@H](C)c4cccc(Cl)c4)ncc32)ccn1. The molecule has 0 aliphatic rings. The Morgan fingerprint density at radius 2 is 2.03 bits per heavy atom. The standard InChI is InChI=1S/C22H20ClN5O/c1-14-8-20(6-7-24-14)28-21-13-25-19(10-17(21)12-26-28)11-22(29)27-15(2)16-4-3-5-18(23)9-16/h3-10,12-13,15H,11H2,1-2H3,(H,27,29)/t15-/m1/s1. The number of nitrogens with zero attached hydrogens (tertiary/aromatic N) is 4. The van der Waals surface area contributed by atoms with Crippen LogP contribution in [-0.2, 0) is 11.2 Å². The molecule has 7 heteroatoms. The number of amides is 1. The van der Waals surface area contributed by atoms with Crippen LogP contribution in [0.15, 0.2) is 61.1 Å². The Labute approximate surface area is 173 Å². The predicted molar refractivity (Wildman–Crippen MR) is 113 cm³/mol. The molecule has 0 aliphatic carbocycles. The third-order valence-electron chi connectivity index (χ3n) is 4.70. The lowest BCUT2D eigenvalue weighted by Crippen LogP contribution is -2.28. The molecule has 0 fully saturated rings. The number of nitrogens with one attached hydrogen (secondary N) is 1. The van der Waals surface area contributed by atoms with Crippen molar-refractivity contribution in [2.24, 2.45) is 0 Å². The molecule has 6 nitrogen and oxygen atoms in total. The Hall–Kier alpha value is -3.25. The maximum absolute atomic E-state index is 12.5. The molecule has 3 heterocycles. The van der Waals surface area contributed by atoms with Crippen LogP contribution in [0.2, 0.25) is 5.02 Å². The topological polar surface area (TPSA) is 72.7 Å².